The number of carbonyl (C=O) groups is 1. The van der Waals surface area contributed by atoms with E-state index in [-0.39, 0.29) is 5.75 Å². The molecule has 210 valence electrons. The molecule has 0 bridgehead atoms. The topological polar surface area (TPSA) is 71.9 Å². The monoisotopic (exact) mass is 590 g/mol. The van der Waals surface area contributed by atoms with E-state index in [4.69, 9.17) is 21.3 Å². The Bertz CT molecular complexity index is 1440. The molecule has 40 heavy (non-hydrogen) atoms. The summed E-state index contributed by atoms with van der Waals surface area (Å²) in [7, 11) is 0. The third kappa shape index (κ3) is 7.89. The van der Waals surface area contributed by atoms with Crippen molar-refractivity contribution in [1.82, 2.24) is 4.98 Å². The predicted molar refractivity (Wildman–Crippen MR) is 149 cm³/mol. The maximum atomic E-state index is 12.6. The lowest BCUT2D eigenvalue weighted by atomic mass is 10.1. The molecule has 0 aliphatic heterocycles. The minimum Gasteiger partial charge on any atom is -0.478 e. The van der Waals surface area contributed by atoms with Gasteiger partial charge in [0.1, 0.15) is 11.5 Å². The second-order valence-corrected chi connectivity index (χ2v) is 10.7. The molecular weight excluding hydrogens is 565 g/mol. The summed E-state index contributed by atoms with van der Waals surface area (Å²) in [5, 5.41) is 12.5. The second kappa shape index (κ2) is 12.2. The van der Waals surface area contributed by atoms with Gasteiger partial charge in [-0.2, -0.15) is 0 Å². The Morgan fingerprint density at radius 2 is 1.55 bits per heavy atom. The van der Waals surface area contributed by atoms with E-state index in [0.717, 1.165) is 27.5 Å². The molecule has 0 amide bonds. The lowest BCUT2D eigenvalue weighted by Crippen LogP contribution is -2.37. The number of hydrogen-bond acceptors (Lipinski definition) is 6. The average molecular weight is 591 g/mol. The van der Waals surface area contributed by atoms with E-state index < -0.39 is 17.9 Å². The molecule has 1 aromatic heterocycles. The van der Waals surface area contributed by atoms with Crippen LogP contribution in [0.25, 0.3) is 11.3 Å². The van der Waals surface area contributed by atoms with Crippen molar-refractivity contribution in [2.75, 3.05) is 11.4 Å². The van der Waals surface area contributed by atoms with Crippen LogP contribution >= 0.6 is 22.9 Å². The number of ether oxygens (including phenoxy) is 2. The van der Waals surface area contributed by atoms with Crippen LogP contribution < -0.4 is 14.4 Å². The SMILES string of the molecule is CC(C)(Oc1ccc(CCN(Cc2ccc(OC(F)(F)F)cc2)c2nc(-c3ccccc3Cl)cs2)cc1)C(=O)O. The summed E-state index contributed by atoms with van der Waals surface area (Å²) in [5.41, 5.74) is 1.95. The van der Waals surface area contributed by atoms with Gasteiger partial charge in [-0.05, 0) is 61.7 Å². The third-order valence-electron chi connectivity index (χ3n) is 5.92. The predicted octanol–water partition coefficient (Wildman–Crippen LogP) is 7.85. The number of alkyl halides is 3. The number of halogens is 4. The van der Waals surface area contributed by atoms with Gasteiger partial charge in [0.15, 0.2) is 10.7 Å². The Morgan fingerprint density at radius 1 is 0.950 bits per heavy atom. The van der Waals surface area contributed by atoms with Gasteiger partial charge >= 0.3 is 12.3 Å². The first-order valence-corrected chi connectivity index (χ1v) is 13.5. The first kappa shape index (κ1) is 29.2. The van der Waals surface area contributed by atoms with Crippen LogP contribution in [0.2, 0.25) is 5.02 Å². The molecule has 0 saturated heterocycles. The van der Waals surface area contributed by atoms with Gasteiger partial charge in [-0.1, -0.05) is 54.1 Å². The lowest BCUT2D eigenvalue weighted by molar-refractivity contribution is -0.274. The first-order chi connectivity index (χ1) is 18.9. The van der Waals surface area contributed by atoms with Crippen LogP contribution in [0, 0.1) is 0 Å². The van der Waals surface area contributed by atoms with Crippen molar-refractivity contribution >= 4 is 34.0 Å². The molecule has 0 atom stereocenters. The number of aliphatic carboxylic acids is 1. The molecule has 0 fully saturated rings. The minimum absolute atomic E-state index is 0.286. The highest BCUT2D eigenvalue weighted by Crippen LogP contribution is 2.33. The molecule has 0 saturated carbocycles. The molecule has 0 radical (unpaired) electrons. The highest BCUT2D eigenvalue weighted by atomic mass is 35.5. The number of hydrogen-bond donors (Lipinski definition) is 1. The summed E-state index contributed by atoms with van der Waals surface area (Å²) in [6.07, 6.45) is -4.13. The molecule has 4 rings (SSSR count). The molecule has 3 aromatic carbocycles. The molecule has 0 unspecified atom stereocenters. The number of anilines is 1. The maximum Gasteiger partial charge on any atom is 0.573 e. The van der Waals surface area contributed by atoms with Crippen molar-refractivity contribution < 1.29 is 32.5 Å². The van der Waals surface area contributed by atoms with Gasteiger partial charge in [0.25, 0.3) is 0 Å². The molecule has 0 aliphatic rings. The Hall–Kier alpha value is -3.76. The van der Waals surface area contributed by atoms with E-state index in [2.05, 4.69) is 4.74 Å². The number of rotatable bonds is 11. The number of thiazole rings is 1. The van der Waals surface area contributed by atoms with E-state index >= 15 is 0 Å². The number of carboxylic acids is 1. The fourth-order valence-electron chi connectivity index (χ4n) is 3.79. The highest BCUT2D eigenvalue weighted by molar-refractivity contribution is 7.14. The van der Waals surface area contributed by atoms with Gasteiger partial charge in [-0.15, -0.1) is 24.5 Å². The zero-order valence-corrected chi connectivity index (χ0v) is 23.2. The molecule has 0 aliphatic carbocycles. The van der Waals surface area contributed by atoms with E-state index in [0.29, 0.717) is 30.3 Å². The zero-order chi connectivity index (χ0) is 28.9. The fraction of sp³-hybridized carbons (Fsp3) is 0.241. The number of nitrogens with zero attached hydrogens (tertiary/aromatic N) is 2. The highest BCUT2D eigenvalue weighted by Gasteiger charge is 2.31. The molecule has 6 nitrogen and oxygen atoms in total. The largest absolute Gasteiger partial charge is 0.573 e. The molecule has 0 spiro atoms. The third-order valence-corrected chi connectivity index (χ3v) is 7.16. The van der Waals surface area contributed by atoms with Crippen LogP contribution in [-0.2, 0) is 17.8 Å². The first-order valence-electron chi connectivity index (χ1n) is 12.2. The summed E-state index contributed by atoms with van der Waals surface area (Å²) in [6, 6.07) is 20.3. The number of carboxylic acid groups (broad SMARTS) is 1. The lowest BCUT2D eigenvalue weighted by Gasteiger charge is -2.23. The quantitative estimate of drug-likeness (QED) is 0.192. The van der Waals surface area contributed by atoms with Gasteiger partial charge in [0, 0.05) is 29.1 Å². The average Bonchev–Trinajstić information content (AvgIpc) is 3.37. The molecule has 4 aromatic rings. The van der Waals surface area contributed by atoms with Crippen LogP contribution in [-0.4, -0.2) is 34.6 Å². The Kier molecular flexibility index (Phi) is 8.90. The second-order valence-electron chi connectivity index (χ2n) is 9.42. The van der Waals surface area contributed by atoms with Crippen molar-refractivity contribution in [2.45, 2.75) is 38.8 Å². The maximum absolute atomic E-state index is 12.6. The van der Waals surface area contributed by atoms with Crippen LogP contribution in [0.5, 0.6) is 11.5 Å². The van der Waals surface area contributed by atoms with Crippen LogP contribution in [0.1, 0.15) is 25.0 Å². The summed E-state index contributed by atoms with van der Waals surface area (Å²) >= 11 is 7.81. The van der Waals surface area contributed by atoms with Crippen LogP contribution in [0.15, 0.2) is 78.2 Å². The van der Waals surface area contributed by atoms with Crippen molar-refractivity contribution in [3.05, 3.63) is 94.3 Å². The summed E-state index contributed by atoms with van der Waals surface area (Å²) in [5.74, 6) is -0.908. The van der Waals surface area contributed by atoms with Crippen molar-refractivity contribution in [3.8, 4) is 22.8 Å². The molecule has 11 heteroatoms. The normalized spacial score (nSPS) is 11.8. The molecule has 1 N–H and O–H groups in total. The summed E-state index contributed by atoms with van der Waals surface area (Å²) < 4.78 is 47.3. The van der Waals surface area contributed by atoms with Crippen molar-refractivity contribution in [1.29, 1.82) is 0 Å². The van der Waals surface area contributed by atoms with Gasteiger partial charge in [-0.25, -0.2) is 9.78 Å². The Morgan fingerprint density at radius 3 is 2.15 bits per heavy atom. The van der Waals surface area contributed by atoms with Gasteiger partial charge in [0.2, 0.25) is 0 Å². The Labute approximate surface area is 238 Å². The van der Waals surface area contributed by atoms with Crippen LogP contribution in [0.3, 0.4) is 0 Å². The minimum atomic E-state index is -4.76. The summed E-state index contributed by atoms with van der Waals surface area (Å²) in [6.45, 7) is 3.91. The number of benzene rings is 3. The van der Waals surface area contributed by atoms with Crippen LogP contribution in [0.4, 0.5) is 18.3 Å². The number of aromatic nitrogens is 1. The smallest absolute Gasteiger partial charge is 0.478 e. The molecular formula is C29H26ClF3N2O4S. The van der Waals surface area contributed by atoms with E-state index in [1.807, 2.05) is 40.6 Å². The summed E-state index contributed by atoms with van der Waals surface area (Å²) in [4.78, 5) is 18.2. The fourth-order valence-corrected chi connectivity index (χ4v) is 4.87. The van der Waals surface area contributed by atoms with Gasteiger partial charge < -0.3 is 19.5 Å². The Balaban J connectivity index is 1.52. The van der Waals surface area contributed by atoms with Crippen molar-refractivity contribution in [2.24, 2.45) is 0 Å². The van der Waals surface area contributed by atoms with E-state index in [1.165, 1.54) is 37.3 Å². The van der Waals surface area contributed by atoms with Gasteiger partial charge in [-0.3, -0.25) is 0 Å². The zero-order valence-electron chi connectivity index (χ0n) is 21.6. The molecule has 1 heterocycles. The van der Waals surface area contributed by atoms with E-state index in [1.54, 1.807) is 30.3 Å². The van der Waals surface area contributed by atoms with Gasteiger partial charge in [0.05, 0.1) is 5.69 Å². The van der Waals surface area contributed by atoms with E-state index in [9.17, 15) is 23.1 Å². The van der Waals surface area contributed by atoms with Crippen molar-refractivity contribution in [3.63, 3.8) is 0 Å². The standard InChI is InChI=1S/C29H26ClF3N2O4S/c1-28(2,26(36)37)38-21-11-7-19(8-12-21)15-16-35(17-20-9-13-22(14-10-20)39-29(31,32)33)27-34-25(18-40-27)23-5-3-4-6-24(23)30/h3-14,18H,15-17H2,1-2H3,(H,36,37).